The highest BCUT2D eigenvalue weighted by atomic mass is 35.5. The Morgan fingerprint density at radius 3 is 2.19 bits per heavy atom. The summed E-state index contributed by atoms with van der Waals surface area (Å²) in [5.74, 6) is -0.208. The largest absolute Gasteiger partial charge is 0.325 e. The Kier molecular flexibility index (Phi) is 7.25. The molecule has 0 atom stereocenters. The molecule has 0 heterocycles. The normalized spacial score (nSPS) is 11.8. The SMILES string of the molecule is CN(CC(=O)Nc1ccc(S(=O)(=O)N(C)C)cc1)Cc1ccc(Cl)c(Cl)c1. The van der Waals surface area contributed by atoms with Crippen LogP contribution in [-0.2, 0) is 21.4 Å². The number of rotatable bonds is 7. The first-order chi connectivity index (χ1) is 12.6. The zero-order valence-corrected chi connectivity index (χ0v) is 17.6. The Bertz CT molecular complexity index is 916. The quantitative estimate of drug-likeness (QED) is 0.732. The van der Waals surface area contributed by atoms with Gasteiger partial charge in [0.25, 0.3) is 0 Å². The second-order valence-corrected chi connectivity index (χ2v) is 9.25. The summed E-state index contributed by atoms with van der Waals surface area (Å²) in [5.41, 5.74) is 1.47. The fourth-order valence-electron chi connectivity index (χ4n) is 2.37. The number of nitrogens with zero attached hydrogens (tertiary/aromatic N) is 2. The number of halogens is 2. The van der Waals surface area contributed by atoms with E-state index < -0.39 is 10.0 Å². The maximum absolute atomic E-state index is 12.2. The fourth-order valence-corrected chi connectivity index (χ4v) is 3.59. The van der Waals surface area contributed by atoms with Crippen LogP contribution in [-0.4, -0.2) is 51.2 Å². The molecule has 1 N–H and O–H groups in total. The predicted molar refractivity (Wildman–Crippen MR) is 109 cm³/mol. The third-order valence-corrected chi connectivity index (χ3v) is 6.34. The van der Waals surface area contributed by atoms with Gasteiger partial charge in [0.1, 0.15) is 0 Å². The average molecular weight is 430 g/mol. The average Bonchev–Trinajstić information content (AvgIpc) is 2.58. The molecule has 1 amide bonds. The van der Waals surface area contributed by atoms with Crippen molar-refractivity contribution in [2.75, 3.05) is 33.0 Å². The number of benzene rings is 2. The van der Waals surface area contributed by atoms with Crippen LogP contribution < -0.4 is 5.32 Å². The predicted octanol–water partition coefficient (Wildman–Crippen LogP) is 3.31. The Labute approximate surface area is 169 Å². The molecule has 146 valence electrons. The lowest BCUT2D eigenvalue weighted by atomic mass is 10.2. The van der Waals surface area contributed by atoms with Crippen molar-refractivity contribution in [2.45, 2.75) is 11.4 Å². The van der Waals surface area contributed by atoms with Gasteiger partial charge in [0.2, 0.25) is 15.9 Å². The molecule has 2 aromatic rings. The first kappa shape index (κ1) is 21.7. The van der Waals surface area contributed by atoms with Crippen LogP contribution in [0.4, 0.5) is 5.69 Å². The van der Waals surface area contributed by atoms with Crippen molar-refractivity contribution in [1.82, 2.24) is 9.21 Å². The molecule has 2 rings (SSSR count). The Morgan fingerprint density at radius 2 is 1.63 bits per heavy atom. The number of likely N-dealkylation sites (N-methyl/N-ethyl adjacent to an activating group) is 1. The molecule has 0 fully saturated rings. The van der Waals surface area contributed by atoms with Crippen LogP contribution in [0.5, 0.6) is 0 Å². The Balaban J connectivity index is 1.94. The van der Waals surface area contributed by atoms with Crippen molar-refractivity contribution in [3.05, 3.63) is 58.1 Å². The van der Waals surface area contributed by atoms with Gasteiger partial charge in [-0.25, -0.2) is 12.7 Å². The van der Waals surface area contributed by atoms with Crippen LogP contribution in [0.2, 0.25) is 10.0 Å². The number of hydrogen-bond acceptors (Lipinski definition) is 4. The van der Waals surface area contributed by atoms with Crippen molar-refractivity contribution < 1.29 is 13.2 Å². The number of carbonyl (C=O) groups excluding carboxylic acids is 1. The zero-order valence-electron chi connectivity index (χ0n) is 15.2. The van der Waals surface area contributed by atoms with E-state index in [4.69, 9.17) is 23.2 Å². The van der Waals surface area contributed by atoms with Gasteiger partial charge in [0, 0.05) is 26.3 Å². The monoisotopic (exact) mass is 429 g/mol. The molecule has 0 bridgehead atoms. The summed E-state index contributed by atoms with van der Waals surface area (Å²) in [6.45, 7) is 0.697. The van der Waals surface area contributed by atoms with E-state index in [1.54, 1.807) is 24.3 Å². The van der Waals surface area contributed by atoms with E-state index in [2.05, 4.69) is 5.32 Å². The Hall–Kier alpha value is -1.64. The fraction of sp³-hybridized carbons (Fsp3) is 0.278. The molecule has 2 aromatic carbocycles. The summed E-state index contributed by atoms with van der Waals surface area (Å²) < 4.78 is 25.2. The van der Waals surface area contributed by atoms with Crippen molar-refractivity contribution in [3.63, 3.8) is 0 Å². The van der Waals surface area contributed by atoms with Gasteiger partial charge in [-0.3, -0.25) is 9.69 Å². The third kappa shape index (κ3) is 5.92. The second-order valence-electron chi connectivity index (χ2n) is 6.28. The van der Waals surface area contributed by atoms with E-state index in [1.807, 2.05) is 18.0 Å². The number of sulfonamides is 1. The van der Waals surface area contributed by atoms with Crippen LogP contribution in [0.15, 0.2) is 47.4 Å². The molecule has 0 aliphatic rings. The van der Waals surface area contributed by atoms with Gasteiger partial charge in [0.05, 0.1) is 21.5 Å². The number of amides is 1. The first-order valence-corrected chi connectivity index (χ1v) is 10.2. The van der Waals surface area contributed by atoms with Crippen LogP contribution in [0, 0.1) is 0 Å². The number of nitrogens with one attached hydrogen (secondary N) is 1. The standard InChI is InChI=1S/C18H21Cl2N3O3S/c1-22(2)27(25,26)15-7-5-14(6-8-15)21-18(24)12-23(3)11-13-4-9-16(19)17(20)10-13/h4-10H,11-12H2,1-3H3,(H,21,24). The molecule has 6 nitrogen and oxygen atoms in total. The molecule has 0 spiro atoms. The highest BCUT2D eigenvalue weighted by Crippen LogP contribution is 2.23. The summed E-state index contributed by atoms with van der Waals surface area (Å²) in [6.07, 6.45) is 0. The smallest absolute Gasteiger partial charge is 0.242 e. The zero-order chi connectivity index (χ0) is 20.2. The van der Waals surface area contributed by atoms with E-state index in [0.717, 1.165) is 9.87 Å². The van der Waals surface area contributed by atoms with Crippen LogP contribution in [0.3, 0.4) is 0 Å². The maximum Gasteiger partial charge on any atom is 0.242 e. The molecule has 9 heteroatoms. The van der Waals surface area contributed by atoms with E-state index in [-0.39, 0.29) is 17.3 Å². The summed E-state index contributed by atoms with van der Waals surface area (Å²) in [5, 5.41) is 3.71. The molecular formula is C18H21Cl2N3O3S. The topological polar surface area (TPSA) is 69.7 Å². The lowest BCUT2D eigenvalue weighted by Gasteiger charge is -2.17. The van der Waals surface area contributed by atoms with Gasteiger partial charge in [-0.05, 0) is 49.0 Å². The molecule has 0 aromatic heterocycles. The van der Waals surface area contributed by atoms with Crippen LogP contribution >= 0.6 is 23.2 Å². The van der Waals surface area contributed by atoms with Crippen molar-refractivity contribution in [1.29, 1.82) is 0 Å². The molecule has 27 heavy (non-hydrogen) atoms. The lowest BCUT2D eigenvalue weighted by molar-refractivity contribution is -0.117. The molecule has 0 aliphatic carbocycles. The van der Waals surface area contributed by atoms with Crippen molar-refractivity contribution >= 4 is 44.8 Å². The van der Waals surface area contributed by atoms with Crippen LogP contribution in [0.25, 0.3) is 0 Å². The van der Waals surface area contributed by atoms with Gasteiger partial charge in [-0.2, -0.15) is 0 Å². The van der Waals surface area contributed by atoms with Crippen molar-refractivity contribution in [3.8, 4) is 0 Å². The third-order valence-electron chi connectivity index (χ3n) is 3.77. The van der Waals surface area contributed by atoms with E-state index in [9.17, 15) is 13.2 Å². The van der Waals surface area contributed by atoms with Gasteiger partial charge in [0.15, 0.2) is 0 Å². The van der Waals surface area contributed by atoms with Gasteiger partial charge in [-0.15, -0.1) is 0 Å². The highest BCUT2D eigenvalue weighted by Gasteiger charge is 2.17. The molecule has 0 unspecified atom stereocenters. The van der Waals surface area contributed by atoms with Crippen LogP contribution in [0.1, 0.15) is 5.56 Å². The van der Waals surface area contributed by atoms with E-state index in [0.29, 0.717) is 22.3 Å². The highest BCUT2D eigenvalue weighted by molar-refractivity contribution is 7.89. The molecular weight excluding hydrogens is 409 g/mol. The van der Waals surface area contributed by atoms with Gasteiger partial charge < -0.3 is 5.32 Å². The Morgan fingerprint density at radius 1 is 1.00 bits per heavy atom. The first-order valence-electron chi connectivity index (χ1n) is 8.04. The summed E-state index contributed by atoms with van der Waals surface area (Å²) in [4.78, 5) is 14.2. The maximum atomic E-state index is 12.2. The van der Waals surface area contributed by atoms with Gasteiger partial charge >= 0.3 is 0 Å². The summed E-state index contributed by atoms with van der Waals surface area (Å²) in [6, 6.07) is 11.4. The van der Waals surface area contributed by atoms with Crippen molar-refractivity contribution in [2.24, 2.45) is 0 Å². The minimum atomic E-state index is -3.49. The van der Waals surface area contributed by atoms with E-state index in [1.165, 1.54) is 26.2 Å². The molecule has 0 saturated heterocycles. The molecule has 0 radical (unpaired) electrons. The number of hydrogen-bond donors (Lipinski definition) is 1. The van der Waals surface area contributed by atoms with E-state index >= 15 is 0 Å². The second kappa shape index (κ2) is 9.03. The lowest BCUT2D eigenvalue weighted by Crippen LogP contribution is -2.29. The number of anilines is 1. The molecule has 0 aliphatic heterocycles. The summed E-state index contributed by atoms with van der Waals surface area (Å²) in [7, 11) is 1.26. The minimum Gasteiger partial charge on any atom is -0.325 e. The van der Waals surface area contributed by atoms with Gasteiger partial charge in [-0.1, -0.05) is 29.3 Å². The molecule has 0 saturated carbocycles. The minimum absolute atomic E-state index is 0.165. The number of carbonyl (C=O) groups is 1. The summed E-state index contributed by atoms with van der Waals surface area (Å²) >= 11 is 11.9.